The maximum Gasteiger partial charge on any atom is 0.0439 e. The van der Waals surface area contributed by atoms with Crippen molar-refractivity contribution in [3.05, 3.63) is 33.8 Å². The molecule has 0 saturated carbocycles. The third-order valence-electron chi connectivity index (χ3n) is 2.77. The largest absolute Gasteiger partial charge is 0.315 e. The fourth-order valence-corrected chi connectivity index (χ4v) is 2.19. The van der Waals surface area contributed by atoms with Gasteiger partial charge in [0.1, 0.15) is 0 Å². The molecule has 3 heteroatoms. The summed E-state index contributed by atoms with van der Waals surface area (Å²) < 4.78 is 0. The highest BCUT2D eigenvalue weighted by Crippen LogP contribution is 2.24. The first-order chi connectivity index (χ1) is 7.99. The molecule has 0 spiro atoms. The van der Waals surface area contributed by atoms with Crippen LogP contribution in [0.15, 0.2) is 18.2 Å². The summed E-state index contributed by atoms with van der Waals surface area (Å²) in [7, 11) is 0. The van der Waals surface area contributed by atoms with Gasteiger partial charge in [-0.05, 0) is 49.1 Å². The average Bonchev–Trinajstić information content (AvgIpc) is 2.23. The number of benzene rings is 1. The van der Waals surface area contributed by atoms with E-state index < -0.39 is 0 Å². The highest BCUT2D eigenvalue weighted by Gasteiger charge is 2.07. The van der Waals surface area contributed by atoms with E-state index in [0.717, 1.165) is 35.0 Å². The molecule has 1 nitrogen and oxygen atoms in total. The number of hydrogen-bond donors (Lipinski definition) is 1. The van der Waals surface area contributed by atoms with Crippen LogP contribution in [0.3, 0.4) is 0 Å². The SMILES string of the molecule is CC(CCNC(C)C)Cc1cc(Cl)ccc1Cl. The molecule has 0 aliphatic rings. The molecule has 1 rings (SSSR count). The zero-order chi connectivity index (χ0) is 12.8. The van der Waals surface area contributed by atoms with Crippen LogP contribution in [0.25, 0.3) is 0 Å². The fourth-order valence-electron chi connectivity index (χ4n) is 1.80. The minimum atomic E-state index is 0.553. The summed E-state index contributed by atoms with van der Waals surface area (Å²) in [5, 5.41) is 5.01. The van der Waals surface area contributed by atoms with Crippen LogP contribution >= 0.6 is 23.2 Å². The van der Waals surface area contributed by atoms with E-state index in [1.54, 1.807) is 0 Å². The van der Waals surface area contributed by atoms with Gasteiger partial charge >= 0.3 is 0 Å². The maximum atomic E-state index is 6.15. The first-order valence-electron chi connectivity index (χ1n) is 6.16. The van der Waals surface area contributed by atoms with Gasteiger partial charge in [-0.15, -0.1) is 0 Å². The van der Waals surface area contributed by atoms with Crippen molar-refractivity contribution in [1.82, 2.24) is 5.32 Å². The second-order valence-corrected chi connectivity index (χ2v) is 5.79. The first kappa shape index (κ1) is 14.8. The smallest absolute Gasteiger partial charge is 0.0439 e. The summed E-state index contributed by atoms with van der Waals surface area (Å²) in [6.45, 7) is 7.63. The Morgan fingerprint density at radius 3 is 2.53 bits per heavy atom. The van der Waals surface area contributed by atoms with Gasteiger partial charge in [-0.2, -0.15) is 0 Å². The van der Waals surface area contributed by atoms with E-state index in [1.807, 2.05) is 18.2 Å². The molecule has 1 unspecified atom stereocenters. The third-order valence-corrected chi connectivity index (χ3v) is 3.37. The third kappa shape index (κ3) is 5.76. The molecule has 0 fully saturated rings. The van der Waals surface area contributed by atoms with E-state index in [0.29, 0.717) is 12.0 Å². The molecule has 1 N–H and O–H groups in total. The van der Waals surface area contributed by atoms with Gasteiger partial charge in [-0.25, -0.2) is 0 Å². The van der Waals surface area contributed by atoms with Crippen LogP contribution in [0.1, 0.15) is 32.8 Å². The predicted octanol–water partition coefficient (Wildman–Crippen LogP) is 4.56. The van der Waals surface area contributed by atoms with Gasteiger partial charge in [0.15, 0.2) is 0 Å². The van der Waals surface area contributed by atoms with Crippen LogP contribution in [-0.2, 0) is 6.42 Å². The molecule has 1 aromatic rings. The fraction of sp³-hybridized carbons (Fsp3) is 0.571. The number of halogens is 2. The van der Waals surface area contributed by atoms with Crippen molar-refractivity contribution < 1.29 is 0 Å². The summed E-state index contributed by atoms with van der Waals surface area (Å²) in [6.07, 6.45) is 2.14. The molecule has 0 bridgehead atoms. The van der Waals surface area contributed by atoms with Crippen LogP contribution in [0.4, 0.5) is 0 Å². The van der Waals surface area contributed by atoms with Crippen molar-refractivity contribution in [2.24, 2.45) is 5.92 Å². The molecular formula is C14H21Cl2N. The Morgan fingerprint density at radius 2 is 1.88 bits per heavy atom. The number of rotatable bonds is 6. The van der Waals surface area contributed by atoms with Gasteiger partial charge in [0, 0.05) is 16.1 Å². The maximum absolute atomic E-state index is 6.15. The average molecular weight is 274 g/mol. The molecule has 0 heterocycles. The summed E-state index contributed by atoms with van der Waals surface area (Å²) >= 11 is 12.1. The van der Waals surface area contributed by atoms with Gasteiger partial charge in [-0.1, -0.05) is 44.0 Å². The minimum Gasteiger partial charge on any atom is -0.315 e. The molecule has 0 amide bonds. The molecule has 0 aromatic heterocycles. The van der Waals surface area contributed by atoms with Crippen LogP contribution in [0, 0.1) is 5.92 Å². The van der Waals surface area contributed by atoms with Gasteiger partial charge < -0.3 is 5.32 Å². The zero-order valence-electron chi connectivity index (χ0n) is 10.8. The van der Waals surface area contributed by atoms with Crippen LogP contribution in [-0.4, -0.2) is 12.6 Å². The Hall–Kier alpha value is -0.240. The van der Waals surface area contributed by atoms with Crippen molar-refractivity contribution in [1.29, 1.82) is 0 Å². The summed E-state index contributed by atoms with van der Waals surface area (Å²) in [4.78, 5) is 0. The monoisotopic (exact) mass is 273 g/mol. The normalized spacial score (nSPS) is 13.1. The topological polar surface area (TPSA) is 12.0 Å². The molecule has 0 aliphatic heterocycles. The first-order valence-corrected chi connectivity index (χ1v) is 6.92. The molecule has 0 radical (unpaired) electrons. The van der Waals surface area contributed by atoms with E-state index in [9.17, 15) is 0 Å². The van der Waals surface area contributed by atoms with E-state index in [1.165, 1.54) is 0 Å². The van der Waals surface area contributed by atoms with Crippen molar-refractivity contribution in [2.45, 2.75) is 39.7 Å². The Labute approximate surface area is 115 Å². The van der Waals surface area contributed by atoms with E-state index in [4.69, 9.17) is 23.2 Å². The van der Waals surface area contributed by atoms with Gasteiger partial charge in [0.2, 0.25) is 0 Å². The van der Waals surface area contributed by atoms with Crippen LogP contribution in [0.2, 0.25) is 10.0 Å². The number of hydrogen-bond acceptors (Lipinski definition) is 1. The standard InChI is InChI=1S/C14H21Cl2N/c1-10(2)17-7-6-11(3)8-12-9-13(15)4-5-14(12)16/h4-5,9-11,17H,6-8H2,1-3H3. The molecule has 1 aromatic carbocycles. The van der Waals surface area contributed by atoms with Gasteiger partial charge in [0.05, 0.1) is 0 Å². The summed E-state index contributed by atoms with van der Waals surface area (Å²) in [6, 6.07) is 6.23. The van der Waals surface area contributed by atoms with Crippen molar-refractivity contribution in [2.75, 3.05) is 6.54 Å². The molecule has 0 saturated heterocycles. The highest BCUT2D eigenvalue weighted by atomic mass is 35.5. The van der Waals surface area contributed by atoms with Gasteiger partial charge in [-0.3, -0.25) is 0 Å². The summed E-state index contributed by atoms with van der Waals surface area (Å²) in [5.41, 5.74) is 1.15. The van der Waals surface area contributed by atoms with Crippen LogP contribution < -0.4 is 5.32 Å². The lowest BCUT2D eigenvalue weighted by Gasteiger charge is -2.14. The lowest BCUT2D eigenvalue weighted by molar-refractivity contribution is 0.476. The van der Waals surface area contributed by atoms with Gasteiger partial charge in [0.25, 0.3) is 0 Å². The quantitative estimate of drug-likeness (QED) is 0.801. The Bertz CT molecular complexity index is 350. The number of nitrogens with one attached hydrogen (secondary N) is 1. The molecule has 96 valence electrons. The molecule has 0 aliphatic carbocycles. The summed E-state index contributed by atoms with van der Waals surface area (Å²) in [5.74, 6) is 0.609. The Kier molecular flexibility index (Phi) is 6.32. The van der Waals surface area contributed by atoms with E-state index in [-0.39, 0.29) is 0 Å². The van der Waals surface area contributed by atoms with E-state index in [2.05, 4.69) is 26.1 Å². The molecular weight excluding hydrogens is 253 g/mol. The Balaban J connectivity index is 2.44. The molecule has 1 atom stereocenters. The Morgan fingerprint density at radius 1 is 1.18 bits per heavy atom. The van der Waals surface area contributed by atoms with Crippen molar-refractivity contribution >= 4 is 23.2 Å². The minimum absolute atomic E-state index is 0.553. The lowest BCUT2D eigenvalue weighted by Crippen LogP contribution is -2.25. The lowest BCUT2D eigenvalue weighted by atomic mass is 9.98. The van der Waals surface area contributed by atoms with Crippen LogP contribution in [0.5, 0.6) is 0 Å². The molecule has 17 heavy (non-hydrogen) atoms. The predicted molar refractivity (Wildman–Crippen MR) is 77.1 cm³/mol. The van der Waals surface area contributed by atoms with Crippen molar-refractivity contribution in [3.8, 4) is 0 Å². The van der Waals surface area contributed by atoms with E-state index >= 15 is 0 Å². The van der Waals surface area contributed by atoms with Crippen molar-refractivity contribution in [3.63, 3.8) is 0 Å². The highest BCUT2D eigenvalue weighted by molar-refractivity contribution is 6.33. The second kappa shape index (κ2) is 7.25. The zero-order valence-corrected chi connectivity index (χ0v) is 12.3. The second-order valence-electron chi connectivity index (χ2n) is 4.94.